The summed E-state index contributed by atoms with van der Waals surface area (Å²) in [5.41, 5.74) is 1.16. The molecule has 1 atom stereocenters. The minimum absolute atomic E-state index is 0.00282. The quantitative estimate of drug-likeness (QED) is 0.843. The predicted molar refractivity (Wildman–Crippen MR) is 69.8 cm³/mol. The summed E-state index contributed by atoms with van der Waals surface area (Å²) in [6, 6.07) is 1.69. The van der Waals surface area contributed by atoms with E-state index in [4.69, 9.17) is 16.7 Å². The molecular formula is C11H10BrClN2O3. The van der Waals surface area contributed by atoms with Crippen molar-refractivity contribution in [3.8, 4) is 0 Å². The number of amides is 1. The number of aliphatic carboxylic acids is 1. The summed E-state index contributed by atoms with van der Waals surface area (Å²) < 4.78 is 0.730. The van der Waals surface area contributed by atoms with Crippen molar-refractivity contribution in [2.75, 3.05) is 11.4 Å². The lowest BCUT2D eigenvalue weighted by Crippen LogP contribution is -2.26. The van der Waals surface area contributed by atoms with E-state index < -0.39 is 11.9 Å². The van der Waals surface area contributed by atoms with Gasteiger partial charge >= 0.3 is 5.97 Å². The Bertz CT molecular complexity index is 535. The molecule has 2 rings (SSSR count). The van der Waals surface area contributed by atoms with Gasteiger partial charge in [0.2, 0.25) is 5.91 Å². The Morgan fingerprint density at radius 3 is 2.89 bits per heavy atom. The summed E-state index contributed by atoms with van der Waals surface area (Å²) in [4.78, 5) is 28.2. The summed E-state index contributed by atoms with van der Waals surface area (Å²) in [5, 5.41) is 9.13. The first-order valence-corrected chi connectivity index (χ1v) is 6.43. The third-order valence-electron chi connectivity index (χ3n) is 2.85. The number of carboxylic acids is 1. The number of carbonyl (C=O) groups is 2. The molecule has 7 heteroatoms. The number of halogens is 2. The maximum atomic E-state index is 11.8. The fraction of sp³-hybridized carbons (Fsp3) is 0.364. The fourth-order valence-electron chi connectivity index (χ4n) is 1.84. The molecule has 1 saturated heterocycles. The van der Waals surface area contributed by atoms with Crippen LogP contribution in [0.4, 0.5) is 5.69 Å². The molecule has 0 bridgehead atoms. The van der Waals surface area contributed by atoms with Crippen LogP contribution >= 0.6 is 27.5 Å². The maximum absolute atomic E-state index is 11.8. The predicted octanol–water partition coefficient (Wildman–Crippen LogP) is 2.24. The lowest BCUT2D eigenvalue weighted by molar-refractivity contribution is -0.141. The molecule has 0 aliphatic carbocycles. The minimum atomic E-state index is -0.971. The molecule has 96 valence electrons. The van der Waals surface area contributed by atoms with Gasteiger partial charge in [0, 0.05) is 17.4 Å². The number of nitrogens with zero attached hydrogens (tertiary/aromatic N) is 2. The van der Waals surface area contributed by atoms with Gasteiger partial charge in [-0.25, -0.2) is 4.98 Å². The number of aromatic nitrogens is 1. The summed E-state index contributed by atoms with van der Waals surface area (Å²) in [7, 11) is 0. The van der Waals surface area contributed by atoms with Gasteiger partial charge in [-0.2, -0.15) is 0 Å². The van der Waals surface area contributed by atoms with E-state index in [1.807, 2.05) is 0 Å². The molecule has 0 saturated carbocycles. The number of hydrogen-bond acceptors (Lipinski definition) is 3. The van der Waals surface area contributed by atoms with Crippen LogP contribution in [-0.2, 0) is 9.59 Å². The standard InChI is InChI=1S/C11H10BrClN2O3/c1-5-7(12)3-8(10(13)14-5)15-4-6(11(17)18)2-9(15)16/h3,6H,2,4H2,1H3,(H,17,18). The first kappa shape index (κ1) is 13.3. The molecule has 5 nitrogen and oxygen atoms in total. The number of hydrogen-bond donors (Lipinski definition) is 1. The monoisotopic (exact) mass is 332 g/mol. The highest BCUT2D eigenvalue weighted by Gasteiger charge is 2.36. The molecule has 1 N–H and O–H groups in total. The van der Waals surface area contributed by atoms with Crippen LogP contribution in [0.15, 0.2) is 10.5 Å². The van der Waals surface area contributed by atoms with E-state index in [9.17, 15) is 9.59 Å². The molecule has 1 unspecified atom stereocenters. The molecule has 1 amide bonds. The van der Waals surface area contributed by atoms with Crippen molar-refractivity contribution < 1.29 is 14.7 Å². The Morgan fingerprint density at radius 1 is 1.67 bits per heavy atom. The minimum Gasteiger partial charge on any atom is -0.481 e. The number of pyridine rings is 1. The molecular weight excluding hydrogens is 323 g/mol. The molecule has 1 aliphatic heterocycles. The first-order chi connectivity index (χ1) is 8.40. The van der Waals surface area contributed by atoms with Gasteiger partial charge in [-0.3, -0.25) is 9.59 Å². The van der Waals surface area contributed by atoms with E-state index in [1.54, 1.807) is 13.0 Å². The van der Waals surface area contributed by atoms with Crippen LogP contribution < -0.4 is 4.90 Å². The van der Waals surface area contributed by atoms with E-state index in [0.717, 1.165) is 4.47 Å². The van der Waals surface area contributed by atoms with Crippen molar-refractivity contribution in [3.05, 3.63) is 21.4 Å². The zero-order valence-electron chi connectivity index (χ0n) is 9.48. The van der Waals surface area contributed by atoms with Crippen LogP contribution in [0, 0.1) is 12.8 Å². The molecule has 0 radical (unpaired) electrons. The lowest BCUT2D eigenvalue weighted by atomic mass is 10.1. The van der Waals surface area contributed by atoms with E-state index in [2.05, 4.69) is 20.9 Å². The highest BCUT2D eigenvalue weighted by atomic mass is 79.9. The van der Waals surface area contributed by atoms with Crippen LogP contribution in [0.2, 0.25) is 5.15 Å². The van der Waals surface area contributed by atoms with Gasteiger partial charge in [0.05, 0.1) is 17.3 Å². The zero-order valence-corrected chi connectivity index (χ0v) is 11.8. The molecule has 0 aromatic carbocycles. The van der Waals surface area contributed by atoms with Crippen LogP contribution in [0.3, 0.4) is 0 Å². The molecule has 1 aromatic rings. The molecule has 0 spiro atoms. The number of aryl methyl sites for hydroxylation is 1. The summed E-state index contributed by atoms with van der Waals surface area (Å²) in [6.07, 6.45) is -0.00282. The third-order valence-corrected chi connectivity index (χ3v) is 3.93. The number of carbonyl (C=O) groups excluding carboxylic acids is 1. The average molecular weight is 334 g/mol. The van der Waals surface area contributed by atoms with Crippen molar-refractivity contribution in [3.63, 3.8) is 0 Å². The third kappa shape index (κ3) is 2.35. The van der Waals surface area contributed by atoms with Gasteiger partial charge in [0.1, 0.15) is 0 Å². The molecule has 1 aliphatic rings. The highest BCUT2D eigenvalue weighted by molar-refractivity contribution is 9.10. The second-order valence-electron chi connectivity index (χ2n) is 4.11. The van der Waals surface area contributed by atoms with Crippen molar-refractivity contribution in [1.82, 2.24) is 4.98 Å². The van der Waals surface area contributed by atoms with Crippen LogP contribution in [0.5, 0.6) is 0 Å². The zero-order chi connectivity index (χ0) is 13.4. The Morgan fingerprint density at radius 2 is 2.33 bits per heavy atom. The van der Waals surface area contributed by atoms with Gasteiger partial charge < -0.3 is 10.0 Å². The SMILES string of the molecule is Cc1nc(Cl)c(N2CC(C(=O)O)CC2=O)cc1Br. The number of rotatable bonds is 2. The maximum Gasteiger partial charge on any atom is 0.308 e. The number of carboxylic acid groups (broad SMARTS) is 1. The van der Waals surface area contributed by atoms with E-state index >= 15 is 0 Å². The largest absolute Gasteiger partial charge is 0.481 e. The summed E-state index contributed by atoms with van der Waals surface area (Å²) >= 11 is 9.32. The summed E-state index contributed by atoms with van der Waals surface area (Å²) in [5.74, 6) is -1.91. The number of anilines is 1. The van der Waals surface area contributed by atoms with E-state index in [-0.39, 0.29) is 24.0 Å². The van der Waals surface area contributed by atoms with Crippen LogP contribution in [0.1, 0.15) is 12.1 Å². The van der Waals surface area contributed by atoms with Gasteiger partial charge in [-0.1, -0.05) is 11.6 Å². The lowest BCUT2D eigenvalue weighted by Gasteiger charge is -2.18. The topological polar surface area (TPSA) is 70.5 Å². The van der Waals surface area contributed by atoms with E-state index in [0.29, 0.717) is 11.4 Å². The second kappa shape index (κ2) is 4.85. The Labute approximate surface area is 117 Å². The van der Waals surface area contributed by atoms with Gasteiger partial charge in [-0.05, 0) is 28.9 Å². The normalized spacial score (nSPS) is 19.4. The second-order valence-corrected chi connectivity index (χ2v) is 5.32. The smallest absolute Gasteiger partial charge is 0.308 e. The van der Waals surface area contributed by atoms with Gasteiger partial charge in [0.25, 0.3) is 0 Å². The molecule has 1 aromatic heterocycles. The Balaban J connectivity index is 2.35. The molecule has 2 heterocycles. The highest BCUT2D eigenvalue weighted by Crippen LogP contribution is 2.33. The molecule has 1 fully saturated rings. The van der Waals surface area contributed by atoms with Crippen LogP contribution in [0.25, 0.3) is 0 Å². The summed E-state index contributed by atoms with van der Waals surface area (Å²) in [6.45, 7) is 1.91. The van der Waals surface area contributed by atoms with E-state index in [1.165, 1.54) is 4.90 Å². The van der Waals surface area contributed by atoms with Gasteiger partial charge in [0.15, 0.2) is 5.15 Å². The Kier molecular flexibility index (Phi) is 3.59. The van der Waals surface area contributed by atoms with Crippen molar-refractivity contribution in [2.45, 2.75) is 13.3 Å². The molecule has 18 heavy (non-hydrogen) atoms. The Hall–Kier alpha value is -1.14. The van der Waals surface area contributed by atoms with Gasteiger partial charge in [-0.15, -0.1) is 0 Å². The van der Waals surface area contributed by atoms with Crippen molar-refractivity contribution in [1.29, 1.82) is 0 Å². The van der Waals surface area contributed by atoms with Crippen molar-refractivity contribution >= 4 is 45.1 Å². The van der Waals surface area contributed by atoms with Crippen LogP contribution in [-0.4, -0.2) is 28.5 Å². The van der Waals surface area contributed by atoms with Crippen molar-refractivity contribution in [2.24, 2.45) is 5.92 Å². The average Bonchev–Trinajstić information content (AvgIpc) is 2.66. The fourth-order valence-corrected chi connectivity index (χ4v) is 2.43. The first-order valence-electron chi connectivity index (χ1n) is 5.26.